The van der Waals surface area contributed by atoms with Gasteiger partial charge >= 0.3 is 0 Å². The van der Waals surface area contributed by atoms with Crippen LogP contribution in [-0.2, 0) is 0 Å². The summed E-state index contributed by atoms with van der Waals surface area (Å²) in [7, 11) is 0. The molecular formula is C13H17N3O. The van der Waals surface area contributed by atoms with Crippen molar-refractivity contribution in [2.24, 2.45) is 0 Å². The van der Waals surface area contributed by atoms with Gasteiger partial charge in [-0.15, -0.1) is 0 Å². The largest absolute Gasteiger partial charge is 0.381 e. The molecule has 2 rings (SSSR count). The fourth-order valence-corrected chi connectivity index (χ4v) is 1.87. The summed E-state index contributed by atoms with van der Waals surface area (Å²) in [6.07, 6.45) is 0. The van der Waals surface area contributed by atoms with Gasteiger partial charge in [0.15, 0.2) is 11.6 Å². The number of nitrogens with two attached hydrogens (primary N) is 1. The van der Waals surface area contributed by atoms with Gasteiger partial charge in [-0.2, -0.15) is 0 Å². The van der Waals surface area contributed by atoms with E-state index in [0.717, 1.165) is 18.7 Å². The van der Waals surface area contributed by atoms with Gasteiger partial charge < -0.3 is 15.2 Å². The Labute approximate surface area is 101 Å². The summed E-state index contributed by atoms with van der Waals surface area (Å²) in [5.74, 6) is 1.12. The Hall–Kier alpha value is -1.97. The molecule has 17 heavy (non-hydrogen) atoms. The first-order chi connectivity index (χ1) is 8.24. The van der Waals surface area contributed by atoms with Crippen molar-refractivity contribution in [3.8, 4) is 11.3 Å². The van der Waals surface area contributed by atoms with Gasteiger partial charge in [0.2, 0.25) is 0 Å². The SMILES string of the molecule is CCN(CC)c1cccc(-c2cc(N)no2)c1. The summed E-state index contributed by atoms with van der Waals surface area (Å²) in [6.45, 7) is 6.25. The van der Waals surface area contributed by atoms with Crippen LogP contribution in [0.4, 0.5) is 11.5 Å². The summed E-state index contributed by atoms with van der Waals surface area (Å²) in [6, 6.07) is 9.93. The van der Waals surface area contributed by atoms with E-state index in [-0.39, 0.29) is 0 Å². The lowest BCUT2D eigenvalue weighted by atomic mass is 10.1. The first-order valence-electron chi connectivity index (χ1n) is 5.82. The molecule has 4 nitrogen and oxygen atoms in total. The van der Waals surface area contributed by atoms with Gasteiger partial charge in [0, 0.05) is 30.4 Å². The molecule has 2 N–H and O–H groups in total. The van der Waals surface area contributed by atoms with E-state index in [0.29, 0.717) is 11.6 Å². The lowest BCUT2D eigenvalue weighted by Gasteiger charge is -2.21. The van der Waals surface area contributed by atoms with Gasteiger partial charge in [0.05, 0.1) is 0 Å². The molecule has 2 aromatic rings. The van der Waals surface area contributed by atoms with Gasteiger partial charge in [0.1, 0.15) is 0 Å². The van der Waals surface area contributed by atoms with Crippen molar-refractivity contribution >= 4 is 11.5 Å². The van der Waals surface area contributed by atoms with E-state index >= 15 is 0 Å². The smallest absolute Gasteiger partial charge is 0.169 e. The average molecular weight is 231 g/mol. The number of hydrogen-bond donors (Lipinski definition) is 1. The van der Waals surface area contributed by atoms with Crippen LogP contribution in [0.25, 0.3) is 11.3 Å². The lowest BCUT2D eigenvalue weighted by molar-refractivity contribution is 0.436. The Balaban J connectivity index is 2.34. The number of benzene rings is 1. The van der Waals surface area contributed by atoms with E-state index < -0.39 is 0 Å². The molecule has 0 aliphatic rings. The predicted octanol–water partition coefficient (Wildman–Crippen LogP) is 2.77. The average Bonchev–Trinajstić information content (AvgIpc) is 2.78. The number of anilines is 2. The molecule has 0 fully saturated rings. The zero-order chi connectivity index (χ0) is 12.3. The Kier molecular flexibility index (Phi) is 3.32. The zero-order valence-corrected chi connectivity index (χ0v) is 10.2. The maximum atomic E-state index is 5.55. The molecule has 90 valence electrons. The molecule has 0 saturated carbocycles. The lowest BCUT2D eigenvalue weighted by Crippen LogP contribution is -2.21. The van der Waals surface area contributed by atoms with Crippen molar-refractivity contribution in [2.45, 2.75) is 13.8 Å². The van der Waals surface area contributed by atoms with E-state index in [1.807, 2.05) is 12.1 Å². The summed E-state index contributed by atoms with van der Waals surface area (Å²) in [5.41, 5.74) is 7.73. The van der Waals surface area contributed by atoms with E-state index in [1.165, 1.54) is 5.69 Å². The second-order valence-electron chi connectivity index (χ2n) is 3.84. The van der Waals surface area contributed by atoms with Crippen molar-refractivity contribution in [1.82, 2.24) is 5.16 Å². The molecule has 0 radical (unpaired) electrons. The van der Waals surface area contributed by atoms with Crippen LogP contribution in [0.15, 0.2) is 34.9 Å². The number of hydrogen-bond acceptors (Lipinski definition) is 4. The molecule has 0 unspecified atom stereocenters. The van der Waals surface area contributed by atoms with Crippen molar-refractivity contribution in [3.63, 3.8) is 0 Å². The summed E-state index contributed by atoms with van der Waals surface area (Å²) >= 11 is 0. The third kappa shape index (κ3) is 2.41. The maximum absolute atomic E-state index is 5.55. The number of aromatic nitrogens is 1. The van der Waals surface area contributed by atoms with E-state index in [1.54, 1.807) is 6.07 Å². The minimum atomic E-state index is 0.410. The monoisotopic (exact) mass is 231 g/mol. The van der Waals surface area contributed by atoms with Gasteiger partial charge in [-0.1, -0.05) is 17.3 Å². The van der Waals surface area contributed by atoms with E-state index in [9.17, 15) is 0 Å². The Morgan fingerprint density at radius 3 is 2.59 bits per heavy atom. The van der Waals surface area contributed by atoms with Gasteiger partial charge in [-0.05, 0) is 26.0 Å². The van der Waals surface area contributed by atoms with Crippen LogP contribution in [0.5, 0.6) is 0 Å². The topological polar surface area (TPSA) is 55.3 Å². The van der Waals surface area contributed by atoms with Crippen molar-refractivity contribution in [2.75, 3.05) is 23.7 Å². The van der Waals surface area contributed by atoms with E-state index in [2.05, 4.69) is 36.0 Å². The van der Waals surface area contributed by atoms with Crippen LogP contribution in [0.3, 0.4) is 0 Å². The highest BCUT2D eigenvalue weighted by Gasteiger charge is 2.07. The van der Waals surface area contributed by atoms with Crippen molar-refractivity contribution in [1.29, 1.82) is 0 Å². The van der Waals surface area contributed by atoms with Crippen LogP contribution >= 0.6 is 0 Å². The van der Waals surface area contributed by atoms with Crippen molar-refractivity contribution < 1.29 is 4.52 Å². The van der Waals surface area contributed by atoms with Crippen LogP contribution in [0.1, 0.15) is 13.8 Å². The number of nitrogens with zero attached hydrogens (tertiary/aromatic N) is 2. The second kappa shape index (κ2) is 4.91. The first kappa shape index (κ1) is 11.5. The summed E-state index contributed by atoms with van der Waals surface area (Å²) in [4.78, 5) is 2.28. The number of rotatable bonds is 4. The highest BCUT2D eigenvalue weighted by molar-refractivity contribution is 5.65. The highest BCUT2D eigenvalue weighted by atomic mass is 16.5. The van der Waals surface area contributed by atoms with Crippen LogP contribution in [0, 0.1) is 0 Å². The summed E-state index contributed by atoms with van der Waals surface area (Å²) in [5, 5.41) is 3.70. The molecule has 4 heteroatoms. The van der Waals surface area contributed by atoms with Gasteiger partial charge in [-0.25, -0.2) is 0 Å². The minimum Gasteiger partial charge on any atom is -0.381 e. The van der Waals surface area contributed by atoms with Crippen LogP contribution < -0.4 is 10.6 Å². The molecule has 0 bridgehead atoms. The molecule has 0 aliphatic carbocycles. The fraction of sp³-hybridized carbons (Fsp3) is 0.308. The Morgan fingerprint density at radius 2 is 2.00 bits per heavy atom. The predicted molar refractivity (Wildman–Crippen MR) is 69.9 cm³/mol. The standard InChI is InChI=1S/C13H17N3O/c1-3-16(4-2)11-7-5-6-10(8-11)12-9-13(14)15-17-12/h5-9H,3-4H2,1-2H3,(H2,14,15). The minimum absolute atomic E-state index is 0.410. The van der Waals surface area contributed by atoms with Gasteiger partial charge in [-0.3, -0.25) is 0 Å². The second-order valence-corrected chi connectivity index (χ2v) is 3.84. The maximum Gasteiger partial charge on any atom is 0.169 e. The highest BCUT2D eigenvalue weighted by Crippen LogP contribution is 2.25. The molecule has 0 saturated heterocycles. The Morgan fingerprint density at radius 1 is 1.24 bits per heavy atom. The van der Waals surface area contributed by atoms with Crippen molar-refractivity contribution in [3.05, 3.63) is 30.3 Å². The molecule has 0 aliphatic heterocycles. The fourth-order valence-electron chi connectivity index (χ4n) is 1.87. The third-order valence-electron chi connectivity index (χ3n) is 2.79. The van der Waals surface area contributed by atoms with Crippen LogP contribution in [-0.4, -0.2) is 18.2 Å². The zero-order valence-electron chi connectivity index (χ0n) is 10.2. The molecular weight excluding hydrogens is 214 g/mol. The summed E-state index contributed by atoms with van der Waals surface area (Å²) < 4.78 is 5.16. The molecule has 1 heterocycles. The first-order valence-corrected chi connectivity index (χ1v) is 5.82. The third-order valence-corrected chi connectivity index (χ3v) is 2.79. The van der Waals surface area contributed by atoms with Crippen LogP contribution in [0.2, 0.25) is 0 Å². The molecule has 0 atom stereocenters. The normalized spacial score (nSPS) is 10.5. The van der Waals surface area contributed by atoms with E-state index in [4.69, 9.17) is 10.3 Å². The Bertz CT molecular complexity index is 489. The quantitative estimate of drug-likeness (QED) is 0.879. The van der Waals surface area contributed by atoms with Gasteiger partial charge in [0.25, 0.3) is 0 Å². The molecule has 0 amide bonds. The molecule has 1 aromatic heterocycles. The number of nitrogen functional groups attached to an aromatic ring is 1. The molecule has 0 spiro atoms. The molecule has 1 aromatic carbocycles.